The van der Waals surface area contributed by atoms with Crippen LogP contribution in [0.5, 0.6) is 0 Å². The number of anilines is 2. The molecular formula is C15H10ClF2N3O. The van der Waals surface area contributed by atoms with Crippen molar-refractivity contribution < 1.29 is 8.78 Å². The molecule has 0 aliphatic rings. The van der Waals surface area contributed by atoms with E-state index in [9.17, 15) is 13.6 Å². The van der Waals surface area contributed by atoms with Gasteiger partial charge in [0.15, 0.2) is 5.82 Å². The third-order valence-electron chi connectivity index (χ3n) is 3.22. The molecule has 0 atom stereocenters. The van der Waals surface area contributed by atoms with Crippen LogP contribution in [0.1, 0.15) is 0 Å². The smallest absolute Gasteiger partial charge is 0.263 e. The SMILES string of the molecule is Cn1cnc2ccc(Nc3cc(Cl)ccc3F)c(F)c2c1=O. The first kappa shape index (κ1) is 14.5. The molecule has 0 saturated heterocycles. The fourth-order valence-electron chi connectivity index (χ4n) is 2.09. The number of benzene rings is 2. The van der Waals surface area contributed by atoms with E-state index in [4.69, 9.17) is 11.6 Å². The van der Waals surface area contributed by atoms with Crippen molar-refractivity contribution in [1.29, 1.82) is 0 Å². The fourth-order valence-corrected chi connectivity index (χ4v) is 2.26. The molecule has 0 amide bonds. The summed E-state index contributed by atoms with van der Waals surface area (Å²) in [6.07, 6.45) is 1.31. The molecule has 0 aliphatic heterocycles. The Morgan fingerprint density at radius 3 is 2.73 bits per heavy atom. The molecule has 22 heavy (non-hydrogen) atoms. The van der Waals surface area contributed by atoms with Gasteiger partial charge in [-0.2, -0.15) is 0 Å². The zero-order chi connectivity index (χ0) is 15.9. The third kappa shape index (κ3) is 2.42. The highest BCUT2D eigenvalue weighted by Crippen LogP contribution is 2.27. The van der Waals surface area contributed by atoms with Crippen LogP contribution in [0, 0.1) is 11.6 Å². The maximum absolute atomic E-state index is 14.6. The Kier molecular flexibility index (Phi) is 3.54. The lowest BCUT2D eigenvalue weighted by molar-refractivity contribution is 0.628. The van der Waals surface area contributed by atoms with E-state index in [1.54, 1.807) is 0 Å². The molecule has 1 aromatic heterocycles. The molecule has 4 nitrogen and oxygen atoms in total. The summed E-state index contributed by atoms with van der Waals surface area (Å²) in [6, 6.07) is 6.78. The van der Waals surface area contributed by atoms with E-state index in [0.717, 1.165) is 0 Å². The van der Waals surface area contributed by atoms with E-state index in [1.807, 2.05) is 0 Å². The van der Waals surface area contributed by atoms with Crippen molar-refractivity contribution in [3.05, 3.63) is 63.7 Å². The summed E-state index contributed by atoms with van der Waals surface area (Å²) in [5.41, 5.74) is -0.291. The number of hydrogen-bond acceptors (Lipinski definition) is 3. The zero-order valence-electron chi connectivity index (χ0n) is 11.4. The molecule has 1 heterocycles. The minimum atomic E-state index is -0.787. The second kappa shape index (κ2) is 5.38. The van der Waals surface area contributed by atoms with Gasteiger partial charge in [-0.25, -0.2) is 13.8 Å². The van der Waals surface area contributed by atoms with Crippen LogP contribution in [0.3, 0.4) is 0 Å². The molecule has 0 saturated carbocycles. The predicted octanol–water partition coefficient (Wildman–Crippen LogP) is 3.61. The maximum atomic E-state index is 14.6. The molecule has 3 rings (SSSR count). The molecule has 112 valence electrons. The number of aromatic nitrogens is 2. The fraction of sp³-hybridized carbons (Fsp3) is 0.0667. The van der Waals surface area contributed by atoms with Crippen LogP contribution in [0.2, 0.25) is 5.02 Å². The number of rotatable bonds is 2. The van der Waals surface area contributed by atoms with E-state index >= 15 is 0 Å². The van der Waals surface area contributed by atoms with Crippen molar-refractivity contribution >= 4 is 33.9 Å². The Bertz CT molecular complexity index is 940. The molecule has 0 unspecified atom stereocenters. The quantitative estimate of drug-likeness (QED) is 0.784. The van der Waals surface area contributed by atoms with Gasteiger partial charge in [0.1, 0.15) is 11.2 Å². The molecule has 0 bridgehead atoms. The zero-order valence-corrected chi connectivity index (χ0v) is 12.2. The molecule has 0 fully saturated rings. The van der Waals surface area contributed by atoms with E-state index in [0.29, 0.717) is 5.02 Å². The van der Waals surface area contributed by atoms with Crippen molar-refractivity contribution in [2.24, 2.45) is 7.05 Å². The van der Waals surface area contributed by atoms with Gasteiger partial charge in [-0.3, -0.25) is 4.79 Å². The molecule has 1 N–H and O–H groups in total. The van der Waals surface area contributed by atoms with Gasteiger partial charge in [0.25, 0.3) is 5.56 Å². The van der Waals surface area contributed by atoms with Gasteiger partial charge < -0.3 is 9.88 Å². The number of fused-ring (bicyclic) bond motifs is 1. The Morgan fingerprint density at radius 1 is 1.18 bits per heavy atom. The average molecular weight is 322 g/mol. The molecule has 2 aromatic carbocycles. The largest absolute Gasteiger partial charge is 0.351 e. The third-order valence-corrected chi connectivity index (χ3v) is 3.46. The lowest BCUT2D eigenvalue weighted by Gasteiger charge is -2.10. The van der Waals surface area contributed by atoms with Gasteiger partial charge in [-0.1, -0.05) is 11.6 Å². The first-order valence-corrected chi connectivity index (χ1v) is 6.71. The Balaban J connectivity index is 2.16. The van der Waals surface area contributed by atoms with Gasteiger partial charge in [-0.15, -0.1) is 0 Å². The van der Waals surface area contributed by atoms with E-state index < -0.39 is 17.2 Å². The van der Waals surface area contributed by atoms with Gasteiger partial charge in [0.2, 0.25) is 0 Å². The Labute approximate surface area is 129 Å². The van der Waals surface area contributed by atoms with Gasteiger partial charge in [-0.05, 0) is 30.3 Å². The summed E-state index contributed by atoms with van der Waals surface area (Å²) in [7, 11) is 1.48. The lowest BCUT2D eigenvalue weighted by Crippen LogP contribution is -2.18. The van der Waals surface area contributed by atoms with Gasteiger partial charge in [0.05, 0.1) is 23.2 Å². The van der Waals surface area contributed by atoms with Crippen LogP contribution in [0.15, 0.2) is 41.5 Å². The van der Waals surface area contributed by atoms with E-state index in [-0.39, 0.29) is 22.3 Å². The minimum absolute atomic E-state index is 0.0199. The average Bonchev–Trinajstić information content (AvgIpc) is 2.49. The summed E-state index contributed by atoms with van der Waals surface area (Å²) in [6.45, 7) is 0. The van der Waals surface area contributed by atoms with Crippen LogP contribution in [-0.2, 0) is 7.05 Å². The number of nitrogens with zero attached hydrogens (tertiary/aromatic N) is 2. The monoisotopic (exact) mass is 321 g/mol. The van der Waals surface area contributed by atoms with Crippen LogP contribution in [0.25, 0.3) is 10.9 Å². The van der Waals surface area contributed by atoms with E-state index in [1.165, 1.54) is 48.3 Å². The summed E-state index contributed by atoms with van der Waals surface area (Å²) in [5, 5.41) is 2.76. The first-order valence-electron chi connectivity index (χ1n) is 6.33. The van der Waals surface area contributed by atoms with Gasteiger partial charge in [0, 0.05) is 12.1 Å². The maximum Gasteiger partial charge on any atom is 0.263 e. The van der Waals surface area contributed by atoms with Crippen molar-refractivity contribution in [3.63, 3.8) is 0 Å². The van der Waals surface area contributed by atoms with Crippen molar-refractivity contribution in [2.75, 3.05) is 5.32 Å². The second-order valence-electron chi connectivity index (χ2n) is 4.73. The van der Waals surface area contributed by atoms with E-state index in [2.05, 4.69) is 10.3 Å². The lowest BCUT2D eigenvalue weighted by atomic mass is 10.2. The van der Waals surface area contributed by atoms with Gasteiger partial charge >= 0.3 is 0 Å². The highest BCUT2D eigenvalue weighted by Gasteiger charge is 2.14. The number of nitrogens with one attached hydrogen (secondary N) is 1. The number of hydrogen-bond donors (Lipinski definition) is 1. The molecule has 3 aromatic rings. The Hall–Kier alpha value is -2.47. The summed E-state index contributed by atoms with van der Waals surface area (Å²) in [5.74, 6) is -1.37. The molecule has 7 heteroatoms. The second-order valence-corrected chi connectivity index (χ2v) is 5.17. The molecule has 0 radical (unpaired) electrons. The predicted molar refractivity (Wildman–Crippen MR) is 81.6 cm³/mol. The van der Waals surface area contributed by atoms with Crippen LogP contribution >= 0.6 is 11.6 Å². The summed E-state index contributed by atoms with van der Waals surface area (Å²) < 4.78 is 29.5. The van der Waals surface area contributed by atoms with Crippen LogP contribution < -0.4 is 10.9 Å². The highest BCUT2D eigenvalue weighted by atomic mass is 35.5. The standard InChI is InChI=1S/C15H10ClF2N3O/c1-21-7-19-10-4-5-11(14(18)13(10)15(21)22)20-12-6-8(16)2-3-9(12)17/h2-7,20H,1H3. The molecular weight excluding hydrogens is 312 g/mol. The Morgan fingerprint density at radius 2 is 1.95 bits per heavy atom. The number of aryl methyl sites for hydroxylation is 1. The van der Waals surface area contributed by atoms with Crippen molar-refractivity contribution in [1.82, 2.24) is 9.55 Å². The topological polar surface area (TPSA) is 46.9 Å². The van der Waals surface area contributed by atoms with Crippen molar-refractivity contribution in [3.8, 4) is 0 Å². The normalized spacial score (nSPS) is 10.9. The molecule has 0 aliphatic carbocycles. The summed E-state index contributed by atoms with van der Waals surface area (Å²) in [4.78, 5) is 16.0. The minimum Gasteiger partial charge on any atom is -0.351 e. The summed E-state index contributed by atoms with van der Waals surface area (Å²) >= 11 is 5.80. The number of halogens is 3. The van der Waals surface area contributed by atoms with Crippen molar-refractivity contribution in [2.45, 2.75) is 0 Å². The molecule has 0 spiro atoms. The highest BCUT2D eigenvalue weighted by molar-refractivity contribution is 6.30. The van der Waals surface area contributed by atoms with Crippen LogP contribution in [-0.4, -0.2) is 9.55 Å². The first-order chi connectivity index (χ1) is 10.5. The van der Waals surface area contributed by atoms with Crippen LogP contribution in [0.4, 0.5) is 20.2 Å².